The van der Waals surface area contributed by atoms with Gasteiger partial charge in [-0.2, -0.15) is 0 Å². The fraction of sp³-hybridized carbons (Fsp3) is 0.571. The maximum Gasteiger partial charge on any atom is 0.0411 e. The number of hydrogen-bond donors (Lipinski definition) is 1. The maximum atomic E-state index is 6.12. The number of nitrogens with one attached hydrogen (secondary N) is 1. The van der Waals surface area contributed by atoms with E-state index in [0.717, 1.165) is 31.1 Å². The van der Waals surface area contributed by atoms with Crippen molar-refractivity contribution in [2.24, 2.45) is 0 Å². The largest absolute Gasteiger partial charge is 0.314 e. The Morgan fingerprint density at radius 1 is 1.24 bits per heavy atom. The second-order valence-electron chi connectivity index (χ2n) is 4.85. The molecule has 94 valence electrons. The third-order valence-electron chi connectivity index (χ3n) is 3.65. The second kappa shape index (κ2) is 5.85. The Hall–Kier alpha value is -0.570. The average molecular weight is 253 g/mol. The minimum atomic E-state index is 0.864. The van der Waals surface area contributed by atoms with E-state index in [4.69, 9.17) is 11.6 Å². The summed E-state index contributed by atoms with van der Waals surface area (Å²) in [5, 5.41) is 4.24. The first kappa shape index (κ1) is 12.9. The Kier molecular flexibility index (Phi) is 4.43. The number of halogens is 1. The fourth-order valence-corrected chi connectivity index (χ4v) is 2.65. The number of benzene rings is 1. The lowest BCUT2D eigenvalue weighted by Gasteiger charge is -2.27. The molecule has 1 heterocycles. The summed E-state index contributed by atoms with van der Waals surface area (Å²) >= 11 is 6.12. The van der Waals surface area contributed by atoms with Crippen LogP contribution in [0, 0.1) is 13.8 Å². The quantitative estimate of drug-likeness (QED) is 0.889. The molecule has 0 aromatic heterocycles. The summed E-state index contributed by atoms with van der Waals surface area (Å²) in [6.45, 7) is 10.0. The van der Waals surface area contributed by atoms with Gasteiger partial charge in [-0.25, -0.2) is 0 Å². The van der Waals surface area contributed by atoms with E-state index < -0.39 is 0 Å². The topological polar surface area (TPSA) is 15.3 Å². The SMILES string of the molecule is Cc1cc(Cl)cc(CCN2CCNCC2)c1C. The average Bonchev–Trinajstić information content (AvgIpc) is 2.33. The van der Waals surface area contributed by atoms with Crippen molar-refractivity contribution in [3.63, 3.8) is 0 Å². The molecule has 2 rings (SSSR count). The van der Waals surface area contributed by atoms with Crippen molar-refractivity contribution in [3.8, 4) is 0 Å². The molecular formula is C14H21ClN2. The normalized spacial score (nSPS) is 17.4. The highest BCUT2D eigenvalue weighted by Gasteiger charge is 2.10. The Morgan fingerprint density at radius 3 is 2.65 bits per heavy atom. The minimum absolute atomic E-state index is 0.864. The Morgan fingerprint density at radius 2 is 1.94 bits per heavy atom. The van der Waals surface area contributed by atoms with E-state index in [1.807, 2.05) is 6.07 Å². The summed E-state index contributed by atoms with van der Waals surface area (Å²) in [6.07, 6.45) is 1.10. The second-order valence-corrected chi connectivity index (χ2v) is 5.28. The smallest absolute Gasteiger partial charge is 0.0411 e. The molecule has 1 aliphatic rings. The van der Waals surface area contributed by atoms with Gasteiger partial charge >= 0.3 is 0 Å². The Balaban J connectivity index is 1.98. The van der Waals surface area contributed by atoms with Crippen LogP contribution in [-0.4, -0.2) is 37.6 Å². The van der Waals surface area contributed by atoms with Crippen LogP contribution >= 0.6 is 11.6 Å². The van der Waals surface area contributed by atoms with E-state index in [1.54, 1.807) is 0 Å². The molecule has 0 aliphatic carbocycles. The molecule has 0 saturated carbocycles. The molecule has 2 nitrogen and oxygen atoms in total. The van der Waals surface area contributed by atoms with Crippen LogP contribution in [0.15, 0.2) is 12.1 Å². The van der Waals surface area contributed by atoms with Gasteiger partial charge in [0, 0.05) is 37.7 Å². The highest BCUT2D eigenvalue weighted by molar-refractivity contribution is 6.30. The van der Waals surface area contributed by atoms with Crippen molar-refractivity contribution in [2.45, 2.75) is 20.3 Å². The molecule has 1 saturated heterocycles. The molecule has 1 N–H and O–H groups in total. The van der Waals surface area contributed by atoms with Crippen LogP contribution in [0.3, 0.4) is 0 Å². The van der Waals surface area contributed by atoms with Crippen LogP contribution in [0.1, 0.15) is 16.7 Å². The highest BCUT2D eigenvalue weighted by atomic mass is 35.5. The van der Waals surface area contributed by atoms with Gasteiger partial charge in [-0.15, -0.1) is 0 Å². The van der Waals surface area contributed by atoms with Crippen LogP contribution in [0.5, 0.6) is 0 Å². The van der Waals surface area contributed by atoms with Gasteiger partial charge in [0.05, 0.1) is 0 Å². The zero-order valence-corrected chi connectivity index (χ0v) is 11.5. The molecule has 0 unspecified atom stereocenters. The minimum Gasteiger partial charge on any atom is -0.314 e. The molecule has 1 aromatic carbocycles. The summed E-state index contributed by atoms with van der Waals surface area (Å²) in [7, 11) is 0. The zero-order chi connectivity index (χ0) is 12.3. The molecule has 17 heavy (non-hydrogen) atoms. The van der Waals surface area contributed by atoms with Crippen LogP contribution in [-0.2, 0) is 6.42 Å². The monoisotopic (exact) mass is 252 g/mol. The van der Waals surface area contributed by atoms with Gasteiger partial charge in [-0.05, 0) is 49.1 Å². The Labute approximate surface area is 109 Å². The van der Waals surface area contributed by atoms with Crippen molar-refractivity contribution in [1.82, 2.24) is 10.2 Å². The summed E-state index contributed by atoms with van der Waals surface area (Å²) in [6, 6.07) is 4.16. The lowest BCUT2D eigenvalue weighted by molar-refractivity contribution is 0.244. The van der Waals surface area contributed by atoms with Gasteiger partial charge in [-0.3, -0.25) is 0 Å². The third-order valence-corrected chi connectivity index (χ3v) is 3.86. The summed E-state index contributed by atoms with van der Waals surface area (Å²) in [5.41, 5.74) is 4.09. The molecule has 0 atom stereocenters. The number of nitrogens with zero attached hydrogens (tertiary/aromatic N) is 1. The predicted molar refractivity (Wildman–Crippen MR) is 73.9 cm³/mol. The number of hydrogen-bond acceptors (Lipinski definition) is 2. The molecule has 0 bridgehead atoms. The van der Waals surface area contributed by atoms with E-state index in [0.29, 0.717) is 0 Å². The van der Waals surface area contributed by atoms with Gasteiger partial charge in [0.15, 0.2) is 0 Å². The molecule has 0 spiro atoms. The number of rotatable bonds is 3. The van der Waals surface area contributed by atoms with Gasteiger partial charge in [0.25, 0.3) is 0 Å². The van der Waals surface area contributed by atoms with Crippen molar-refractivity contribution in [3.05, 3.63) is 33.8 Å². The van der Waals surface area contributed by atoms with E-state index in [9.17, 15) is 0 Å². The maximum absolute atomic E-state index is 6.12. The predicted octanol–water partition coefficient (Wildman–Crippen LogP) is 2.40. The first-order chi connectivity index (χ1) is 8.16. The highest BCUT2D eigenvalue weighted by Crippen LogP contribution is 2.20. The van der Waals surface area contributed by atoms with Crippen molar-refractivity contribution >= 4 is 11.6 Å². The van der Waals surface area contributed by atoms with Gasteiger partial charge in [0.1, 0.15) is 0 Å². The molecule has 1 aliphatic heterocycles. The van der Waals surface area contributed by atoms with Crippen LogP contribution in [0.4, 0.5) is 0 Å². The Bertz CT molecular complexity index is 384. The number of aryl methyl sites for hydroxylation is 1. The van der Waals surface area contributed by atoms with Crippen molar-refractivity contribution in [1.29, 1.82) is 0 Å². The standard InChI is InChI=1S/C14H21ClN2/c1-11-9-14(15)10-13(12(11)2)3-6-17-7-4-16-5-8-17/h9-10,16H,3-8H2,1-2H3. The number of piperazine rings is 1. The van der Waals surface area contributed by atoms with Crippen LogP contribution in [0.2, 0.25) is 5.02 Å². The van der Waals surface area contributed by atoms with Gasteiger partial charge in [0.2, 0.25) is 0 Å². The molecule has 1 fully saturated rings. The summed E-state index contributed by atoms with van der Waals surface area (Å²) in [5.74, 6) is 0. The van der Waals surface area contributed by atoms with Gasteiger partial charge in [-0.1, -0.05) is 11.6 Å². The first-order valence-electron chi connectivity index (χ1n) is 6.35. The molecular weight excluding hydrogens is 232 g/mol. The van der Waals surface area contributed by atoms with Crippen LogP contribution < -0.4 is 5.32 Å². The molecule has 0 radical (unpaired) electrons. The zero-order valence-electron chi connectivity index (χ0n) is 10.7. The third kappa shape index (κ3) is 3.44. The molecule has 3 heteroatoms. The van der Waals surface area contributed by atoms with E-state index in [2.05, 4.69) is 30.1 Å². The molecule has 1 aromatic rings. The van der Waals surface area contributed by atoms with Crippen LogP contribution in [0.25, 0.3) is 0 Å². The lowest BCUT2D eigenvalue weighted by atomic mass is 10.0. The van der Waals surface area contributed by atoms with E-state index in [1.165, 1.54) is 29.8 Å². The van der Waals surface area contributed by atoms with E-state index >= 15 is 0 Å². The van der Waals surface area contributed by atoms with E-state index in [-0.39, 0.29) is 0 Å². The summed E-state index contributed by atoms with van der Waals surface area (Å²) in [4.78, 5) is 2.52. The van der Waals surface area contributed by atoms with Gasteiger partial charge < -0.3 is 10.2 Å². The summed E-state index contributed by atoms with van der Waals surface area (Å²) < 4.78 is 0. The fourth-order valence-electron chi connectivity index (χ4n) is 2.36. The lowest BCUT2D eigenvalue weighted by Crippen LogP contribution is -2.44. The first-order valence-corrected chi connectivity index (χ1v) is 6.73. The molecule has 0 amide bonds. The van der Waals surface area contributed by atoms with Crippen molar-refractivity contribution in [2.75, 3.05) is 32.7 Å². The van der Waals surface area contributed by atoms with Crippen molar-refractivity contribution < 1.29 is 0 Å².